The summed E-state index contributed by atoms with van der Waals surface area (Å²) in [4.78, 5) is 2.58. The van der Waals surface area contributed by atoms with Gasteiger partial charge in [0, 0.05) is 27.9 Å². The Morgan fingerprint density at radius 2 is 0.800 bits per heavy atom. The molecular weight excluding hydrogens is 739 g/mol. The number of hydrogen-bond acceptors (Lipinski definition) is 1. The number of anilines is 3. The molecule has 0 radical (unpaired) electrons. The highest BCUT2D eigenvalue weighted by atomic mass is 28.3. The van der Waals surface area contributed by atoms with Crippen LogP contribution < -0.4 is 25.6 Å². The Morgan fingerprint density at radius 1 is 0.367 bits per heavy atom. The van der Waals surface area contributed by atoms with Crippen molar-refractivity contribution in [2.45, 2.75) is 64.7 Å². The first-order chi connectivity index (χ1) is 28.9. The lowest BCUT2D eigenvalue weighted by Gasteiger charge is -2.35. The predicted octanol–water partition coefficient (Wildman–Crippen LogP) is 12.4. The zero-order valence-corrected chi connectivity index (χ0v) is 36.8. The van der Waals surface area contributed by atoms with E-state index in [4.69, 9.17) is 0 Å². The molecule has 1 heterocycles. The van der Waals surface area contributed by atoms with Gasteiger partial charge in [-0.2, -0.15) is 0 Å². The van der Waals surface area contributed by atoms with E-state index in [1.54, 1.807) is 0 Å². The molecule has 0 amide bonds. The molecule has 11 rings (SSSR count). The first-order valence-corrected chi connectivity index (χ1v) is 23.6. The van der Waals surface area contributed by atoms with Gasteiger partial charge in [0.15, 0.2) is 8.07 Å². The second kappa shape index (κ2) is 12.9. The highest BCUT2D eigenvalue weighted by molar-refractivity contribution is 7.22. The molecule has 0 saturated carbocycles. The SMILES string of the molecule is CC(C)(C)c1cc(N(c2ccc3c(c2)C(C)(C)c2ccccc2-3)c2ccc3c(c2)C(C)(C)c2ccccc2-3)cc([Si]2(c3ccccc3)c3ccccc3-c3ccccc32)c1. The molecule has 8 aromatic rings. The van der Waals surface area contributed by atoms with Gasteiger partial charge in [0.2, 0.25) is 0 Å². The topological polar surface area (TPSA) is 3.24 Å². The van der Waals surface area contributed by atoms with E-state index in [0.717, 1.165) is 0 Å². The summed E-state index contributed by atoms with van der Waals surface area (Å²) in [6.45, 7) is 16.7. The highest BCUT2D eigenvalue weighted by Crippen LogP contribution is 2.53. The maximum Gasteiger partial charge on any atom is 0.180 e. The van der Waals surface area contributed by atoms with E-state index in [9.17, 15) is 0 Å². The van der Waals surface area contributed by atoms with Crippen molar-refractivity contribution in [2.75, 3.05) is 4.90 Å². The van der Waals surface area contributed by atoms with Crippen LogP contribution in [0.3, 0.4) is 0 Å². The molecule has 292 valence electrons. The Morgan fingerprint density at radius 3 is 1.30 bits per heavy atom. The Bertz CT molecular complexity index is 2880. The van der Waals surface area contributed by atoms with Crippen LogP contribution in [0.2, 0.25) is 0 Å². The van der Waals surface area contributed by atoms with Crippen molar-refractivity contribution in [3.63, 3.8) is 0 Å². The Labute approximate surface area is 357 Å². The number of benzene rings is 8. The third kappa shape index (κ3) is 5.10. The van der Waals surface area contributed by atoms with Gasteiger partial charge in [-0.05, 0) is 124 Å². The average molecular weight is 790 g/mol. The molecule has 0 saturated heterocycles. The fourth-order valence-corrected chi connectivity index (χ4v) is 16.4. The maximum atomic E-state index is 2.58. The minimum Gasteiger partial charge on any atom is -0.310 e. The molecule has 8 aromatic carbocycles. The van der Waals surface area contributed by atoms with Crippen LogP contribution in [0.5, 0.6) is 0 Å². The first kappa shape index (κ1) is 36.8. The molecule has 0 fully saturated rings. The number of hydrogen-bond donors (Lipinski definition) is 0. The summed E-state index contributed by atoms with van der Waals surface area (Å²) in [5, 5.41) is 5.77. The van der Waals surface area contributed by atoms with Crippen LogP contribution in [-0.4, -0.2) is 8.07 Å². The number of rotatable bonds is 5. The molecule has 0 unspecified atom stereocenters. The van der Waals surface area contributed by atoms with Gasteiger partial charge in [-0.3, -0.25) is 0 Å². The summed E-state index contributed by atoms with van der Waals surface area (Å²) >= 11 is 0. The van der Waals surface area contributed by atoms with Crippen LogP contribution in [0.25, 0.3) is 33.4 Å². The Kier molecular flexibility index (Phi) is 7.91. The lowest BCUT2D eigenvalue weighted by atomic mass is 9.82. The van der Waals surface area contributed by atoms with Crippen LogP contribution in [0.15, 0.2) is 182 Å². The van der Waals surface area contributed by atoms with Crippen molar-refractivity contribution < 1.29 is 0 Å². The predicted molar refractivity (Wildman–Crippen MR) is 258 cm³/mol. The van der Waals surface area contributed by atoms with Gasteiger partial charge >= 0.3 is 0 Å². The normalized spacial score (nSPS) is 15.7. The van der Waals surface area contributed by atoms with Crippen LogP contribution >= 0.6 is 0 Å². The molecule has 2 heteroatoms. The van der Waals surface area contributed by atoms with Crippen molar-refractivity contribution in [1.29, 1.82) is 0 Å². The van der Waals surface area contributed by atoms with E-state index >= 15 is 0 Å². The van der Waals surface area contributed by atoms with Gasteiger partial charge in [-0.15, -0.1) is 0 Å². The van der Waals surface area contributed by atoms with Gasteiger partial charge in [0.1, 0.15) is 0 Å². The molecule has 2 aliphatic carbocycles. The summed E-state index contributed by atoms with van der Waals surface area (Å²) < 4.78 is 0. The lowest BCUT2D eigenvalue weighted by molar-refractivity contribution is 0.591. The standard InChI is InChI=1S/C58H51NSi/c1-56(2,3)38-33-41(35-43(34-38)60(42-19-9-8-10-20-42)54-27-17-13-23-48(54)49-24-14-18-28-55(49)60)59(39-29-31-46-44-21-11-15-25-50(44)57(4,5)52(46)36-39)40-30-32-47-45-22-12-16-26-51(45)58(6,7)53(47)37-40/h8-37H,1-7H3. The zero-order chi connectivity index (χ0) is 41.2. The molecule has 60 heavy (non-hydrogen) atoms. The van der Waals surface area contributed by atoms with Crippen LogP contribution in [0, 0.1) is 0 Å². The van der Waals surface area contributed by atoms with Crippen molar-refractivity contribution in [1.82, 2.24) is 0 Å². The molecule has 0 atom stereocenters. The monoisotopic (exact) mass is 789 g/mol. The molecule has 1 nitrogen and oxygen atoms in total. The van der Waals surface area contributed by atoms with E-state index < -0.39 is 8.07 Å². The maximum absolute atomic E-state index is 2.81. The fraction of sp³-hybridized carbons (Fsp3) is 0.172. The van der Waals surface area contributed by atoms with Gasteiger partial charge in [0.25, 0.3) is 0 Å². The third-order valence-electron chi connectivity index (χ3n) is 14.3. The van der Waals surface area contributed by atoms with E-state index in [0.29, 0.717) is 0 Å². The molecule has 0 spiro atoms. The summed E-state index contributed by atoms with van der Waals surface area (Å²) in [6.07, 6.45) is 0. The summed E-state index contributed by atoms with van der Waals surface area (Å²) in [7, 11) is -2.81. The van der Waals surface area contributed by atoms with E-state index in [2.05, 4.69) is 235 Å². The van der Waals surface area contributed by atoms with E-state index in [1.807, 2.05) is 0 Å². The highest BCUT2D eigenvalue weighted by Gasteiger charge is 2.49. The second-order valence-electron chi connectivity index (χ2n) is 19.4. The molecule has 0 aromatic heterocycles. The van der Waals surface area contributed by atoms with Gasteiger partial charge in [-0.1, -0.05) is 194 Å². The van der Waals surface area contributed by atoms with Crippen molar-refractivity contribution in [3.05, 3.63) is 210 Å². The largest absolute Gasteiger partial charge is 0.310 e. The Hall–Kier alpha value is -6.22. The van der Waals surface area contributed by atoms with Gasteiger partial charge in [-0.25, -0.2) is 0 Å². The van der Waals surface area contributed by atoms with Gasteiger partial charge in [0.05, 0.1) is 0 Å². The molecule has 1 aliphatic heterocycles. The number of fused-ring (bicyclic) bond motifs is 9. The quantitative estimate of drug-likeness (QED) is 0.157. The van der Waals surface area contributed by atoms with Crippen LogP contribution in [0.4, 0.5) is 17.1 Å². The van der Waals surface area contributed by atoms with E-state index in [1.165, 1.54) is 99.0 Å². The summed E-state index contributed by atoms with van der Waals surface area (Å²) in [6, 6.07) is 70.0. The number of nitrogens with zero attached hydrogens (tertiary/aromatic N) is 1. The minimum atomic E-state index is -2.81. The molecule has 3 aliphatic rings. The molecule has 0 N–H and O–H groups in total. The molecular formula is C58H51NSi. The van der Waals surface area contributed by atoms with Crippen molar-refractivity contribution >= 4 is 45.9 Å². The van der Waals surface area contributed by atoms with Crippen LogP contribution in [0.1, 0.15) is 76.3 Å². The first-order valence-electron chi connectivity index (χ1n) is 21.6. The summed E-state index contributed by atoms with van der Waals surface area (Å²) in [5.74, 6) is 0. The van der Waals surface area contributed by atoms with Crippen molar-refractivity contribution in [2.24, 2.45) is 0 Å². The Balaban J connectivity index is 1.22. The fourth-order valence-electron chi connectivity index (χ4n) is 11.2. The average Bonchev–Trinajstić information content (AvgIpc) is 3.79. The zero-order valence-electron chi connectivity index (χ0n) is 35.8. The third-order valence-corrected chi connectivity index (χ3v) is 19.1. The lowest BCUT2D eigenvalue weighted by Crippen LogP contribution is -2.73. The smallest absolute Gasteiger partial charge is 0.180 e. The van der Waals surface area contributed by atoms with Gasteiger partial charge < -0.3 is 4.90 Å². The molecule has 0 bridgehead atoms. The van der Waals surface area contributed by atoms with Crippen molar-refractivity contribution in [3.8, 4) is 33.4 Å². The van der Waals surface area contributed by atoms with Crippen LogP contribution in [-0.2, 0) is 16.2 Å². The minimum absolute atomic E-state index is 0.108. The second-order valence-corrected chi connectivity index (χ2v) is 23.1. The summed E-state index contributed by atoms with van der Waals surface area (Å²) in [5.41, 5.74) is 18.2. The van der Waals surface area contributed by atoms with E-state index in [-0.39, 0.29) is 16.2 Å².